The Balaban J connectivity index is 2.88. The number of halogens is 1. The van der Waals surface area contributed by atoms with Crippen molar-refractivity contribution in [3.05, 3.63) is 23.2 Å². The predicted molar refractivity (Wildman–Crippen MR) is 35.6 cm³/mol. The van der Waals surface area contributed by atoms with Crippen molar-refractivity contribution in [3.63, 3.8) is 0 Å². The molecule has 1 rings (SSSR count). The van der Waals surface area contributed by atoms with E-state index in [9.17, 15) is 4.39 Å². The Morgan fingerprint density at radius 1 is 1.56 bits per heavy atom. The van der Waals surface area contributed by atoms with Gasteiger partial charge < -0.3 is 5.32 Å². The largest absolute Gasteiger partial charge is 0.383 e. The zero-order valence-electron chi connectivity index (χ0n) is 5.66. The highest BCUT2D eigenvalue weighted by molar-refractivity contribution is 5.30. The number of rotatable bonds is 0. The molecule has 1 aliphatic heterocycles. The molecule has 0 saturated carbocycles. The standard InChI is InChI=1S/C7H10FN/c1-5-3-4-9-6(2)7(5)8/h3,9H,4H2,1-2H3. The van der Waals surface area contributed by atoms with E-state index >= 15 is 0 Å². The fourth-order valence-corrected chi connectivity index (χ4v) is 0.820. The van der Waals surface area contributed by atoms with Gasteiger partial charge in [-0.2, -0.15) is 0 Å². The normalized spacial score (nSPS) is 19.2. The highest BCUT2D eigenvalue weighted by Gasteiger charge is 2.06. The van der Waals surface area contributed by atoms with Gasteiger partial charge in [-0.25, -0.2) is 4.39 Å². The lowest BCUT2D eigenvalue weighted by molar-refractivity contribution is 0.610. The fourth-order valence-electron chi connectivity index (χ4n) is 0.820. The molecule has 0 bridgehead atoms. The molecule has 0 fully saturated rings. The minimum Gasteiger partial charge on any atom is -0.383 e. The summed E-state index contributed by atoms with van der Waals surface area (Å²) in [5, 5.41) is 2.89. The second kappa shape index (κ2) is 2.21. The van der Waals surface area contributed by atoms with E-state index in [4.69, 9.17) is 0 Å². The molecule has 50 valence electrons. The number of allylic oxidation sites excluding steroid dienone is 3. The van der Waals surface area contributed by atoms with Crippen molar-refractivity contribution in [3.8, 4) is 0 Å². The van der Waals surface area contributed by atoms with Gasteiger partial charge in [0.05, 0.1) is 0 Å². The van der Waals surface area contributed by atoms with E-state index in [2.05, 4.69) is 5.32 Å². The Labute approximate surface area is 54.3 Å². The third-order valence-electron chi connectivity index (χ3n) is 1.45. The van der Waals surface area contributed by atoms with Crippen molar-refractivity contribution in [1.82, 2.24) is 5.32 Å². The van der Waals surface area contributed by atoms with Crippen molar-refractivity contribution in [1.29, 1.82) is 0 Å². The average molecular weight is 127 g/mol. The summed E-state index contributed by atoms with van der Waals surface area (Å²) in [7, 11) is 0. The van der Waals surface area contributed by atoms with Gasteiger partial charge in [-0.3, -0.25) is 0 Å². The Hall–Kier alpha value is -0.790. The first kappa shape index (κ1) is 6.33. The first-order chi connectivity index (χ1) is 4.22. The van der Waals surface area contributed by atoms with E-state index in [0.29, 0.717) is 5.70 Å². The summed E-state index contributed by atoms with van der Waals surface area (Å²) >= 11 is 0. The monoisotopic (exact) mass is 127 g/mol. The Kier molecular flexibility index (Phi) is 1.56. The van der Waals surface area contributed by atoms with Crippen LogP contribution in [0, 0.1) is 0 Å². The van der Waals surface area contributed by atoms with Crippen molar-refractivity contribution in [2.24, 2.45) is 0 Å². The van der Waals surface area contributed by atoms with Crippen LogP contribution in [0.25, 0.3) is 0 Å². The summed E-state index contributed by atoms with van der Waals surface area (Å²) in [4.78, 5) is 0. The zero-order chi connectivity index (χ0) is 6.85. The van der Waals surface area contributed by atoms with Crippen LogP contribution in [0.2, 0.25) is 0 Å². The van der Waals surface area contributed by atoms with Crippen LogP contribution in [-0.2, 0) is 0 Å². The lowest BCUT2D eigenvalue weighted by Crippen LogP contribution is -2.16. The molecule has 0 spiro atoms. The summed E-state index contributed by atoms with van der Waals surface area (Å²) in [6.07, 6.45) is 1.84. The van der Waals surface area contributed by atoms with Crippen molar-refractivity contribution < 1.29 is 4.39 Å². The van der Waals surface area contributed by atoms with Gasteiger partial charge in [-0.1, -0.05) is 6.08 Å². The van der Waals surface area contributed by atoms with E-state index < -0.39 is 0 Å². The zero-order valence-corrected chi connectivity index (χ0v) is 5.66. The van der Waals surface area contributed by atoms with E-state index in [1.807, 2.05) is 6.08 Å². The topological polar surface area (TPSA) is 12.0 Å². The van der Waals surface area contributed by atoms with Gasteiger partial charge in [0.25, 0.3) is 0 Å². The predicted octanol–water partition coefficient (Wildman–Crippen LogP) is 1.74. The molecule has 0 unspecified atom stereocenters. The molecule has 0 amide bonds. The molecular formula is C7H10FN. The first-order valence-electron chi connectivity index (χ1n) is 2.99. The molecule has 9 heavy (non-hydrogen) atoms. The summed E-state index contributed by atoms with van der Waals surface area (Å²) in [5.74, 6) is -0.110. The van der Waals surface area contributed by atoms with Gasteiger partial charge in [0.1, 0.15) is 5.83 Å². The molecular weight excluding hydrogens is 117 g/mol. The summed E-state index contributed by atoms with van der Waals surface area (Å²) in [6, 6.07) is 0. The number of hydrogen-bond acceptors (Lipinski definition) is 1. The number of hydrogen-bond donors (Lipinski definition) is 1. The smallest absolute Gasteiger partial charge is 0.144 e. The molecule has 0 atom stereocenters. The van der Waals surface area contributed by atoms with Crippen LogP contribution in [0.3, 0.4) is 0 Å². The summed E-state index contributed by atoms with van der Waals surface area (Å²) < 4.78 is 12.7. The molecule has 0 aromatic heterocycles. The van der Waals surface area contributed by atoms with Crippen molar-refractivity contribution in [2.45, 2.75) is 13.8 Å². The second-order valence-electron chi connectivity index (χ2n) is 2.21. The highest BCUT2D eigenvalue weighted by atomic mass is 19.1. The third-order valence-corrected chi connectivity index (χ3v) is 1.45. The van der Waals surface area contributed by atoms with E-state index in [1.165, 1.54) is 0 Å². The van der Waals surface area contributed by atoms with Gasteiger partial charge in [-0.05, 0) is 19.4 Å². The van der Waals surface area contributed by atoms with Crippen LogP contribution in [-0.4, -0.2) is 6.54 Å². The lowest BCUT2D eigenvalue weighted by atomic mass is 10.2. The van der Waals surface area contributed by atoms with Gasteiger partial charge in [0, 0.05) is 12.2 Å². The molecule has 1 heterocycles. The van der Waals surface area contributed by atoms with Crippen molar-refractivity contribution in [2.75, 3.05) is 6.54 Å². The third kappa shape index (κ3) is 1.12. The van der Waals surface area contributed by atoms with Crippen LogP contribution in [0.15, 0.2) is 23.2 Å². The fraction of sp³-hybridized carbons (Fsp3) is 0.429. The lowest BCUT2D eigenvalue weighted by Gasteiger charge is -2.11. The number of dihydropyridines is 1. The molecule has 0 aliphatic carbocycles. The van der Waals surface area contributed by atoms with Crippen molar-refractivity contribution >= 4 is 0 Å². The maximum Gasteiger partial charge on any atom is 0.144 e. The number of nitrogens with one attached hydrogen (secondary N) is 1. The van der Waals surface area contributed by atoms with Gasteiger partial charge in [0.2, 0.25) is 0 Å². The molecule has 2 heteroatoms. The van der Waals surface area contributed by atoms with Crippen LogP contribution < -0.4 is 5.32 Å². The van der Waals surface area contributed by atoms with E-state index in [-0.39, 0.29) is 5.83 Å². The Morgan fingerprint density at radius 3 is 2.67 bits per heavy atom. The quantitative estimate of drug-likeness (QED) is 0.522. The maximum atomic E-state index is 12.7. The molecule has 1 nitrogen and oxygen atoms in total. The minimum absolute atomic E-state index is 0.110. The first-order valence-corrected chi connectivity index (χ1v) is 2.99. The second-order valence-corrected chi connectivity index (χ2v) is 2.21. The Bertz CT molecular complexity index is 179. The Morgan fingerprint density at radius 2 is 2.22 bits per heavy atom. The maximum absolute atomic E-state index is 12.7. The van der Waals surface area contributed by atoms with Gasteiger partial charge in [-0.15, -0.1) is 0 Å². The van der Waals surface area contributed by atoms with Crippen LogP contribution in [0.4, 0.5) is 4.39 Å². The molecule has 0 radical (unpaired) electrons. The summed E-state index contributed by atoms with van der Waals surface area (Å²) in [5.41, 5.74) is 1.39. The molecule has 0 aromatic rings. The SMILES string of the molecule is CC1=CCNC(C)=C1F. The molecule has 0 saturated heterocycles. The van der Waals surface area contributed by atoms with Crippen LogP contribution in [0.5, 0.6) is 0 Å². The minimum atomic E-state index is -0.110. The van der Waals surface area contributed by atoms with E-state index in [0.717, 1.165) is 12.1 Å². The average Bonchev–Trinajstić information content (AvgIpc) is 1.83. The molecule has 0 aromatic carbocycles. The highest BCUT2D eigenvalue weighted by Crippen LogP contribution is 2.16. The molecule has 1 N–H and O–H groups in total. The van der Waals surface area contributed by atoms with Gasteiger partial charge >= 0.3 is 0 Å². The summed E-state index contributed by atoms with van der Waals surface area (Å²) in [6.45, 7) is 4.27. The molecule has 1 aliphatic rings. The van der Waals surface area contributed by atoms with E-state index in [1.54, 1.807) is 13.8 Å². The van der Waals surface area contributed by atoms with Crippen LogP contribution >= 0.6 is 0 Å². The van der Waals surface area contributed by atoms with Gasteiger partial charge in [0.15, 0.2) is 0 Å². The van der Waals surface area contributed by atoms with Crippen LogP contribution in [0.1, 0.15) is 13.8 Å².